The van der Waals surface area contributed by atoms with Crippen LogP contribution in [0.3, 0.4) is 0 Å². The Hall–Kier alpha value is -0.993. The van der Waals surface area contributed by atoms with Gasteiger partial charge in [-0.1, -0.05) is 33.4 Å². The zero-order valence-corrected chi connectivity index (χ0v) is 22.7. The summed E-state index contributed by atoms with van der Waals surface area (Å²) < 4.78 is 30.3. The summed E-state index contributed by atoms with van der Waals surface area (Å²) in [5, 5.41) is 0.135. The van der Waals surface area contributed by atoms with Gasteiger partial charge in [-0.25, -0.2) is 4.79 Å². The van der Waals surface area contributed by atoms with Crippen molar-refractivity contribution in [2.45, 2.75) is 96.4 Å². The molecule has 5 atom stereocenters. The molecule has 1 heterocycles. The van der Waals surface area contributed by atoms with Gasteiger partial charge in [0, 0.05) is 25.6 Å². The predicted molar refractivity (Wildman–Crippen MR) is 134 cm³/mol. The third-order valence-electron chi connectivity index (χ3n) is 7.35. The van der Waals surface area contributed by atoms with E-state index in [2.05, 4.69) is 47.0 Å². The number of esters is 1. The van der Waals surface area contributed by atoms with Crippen LogP contribution in [0.5, 0.6) is 0 Å². The number of carbonyl (C=O) groups is 1. The maximum absolute atomic E-state index is 12.0. The van der Waals surface area contributed by atoms with Crippen molar-refractivity contribution in [3.05, 3.63) is 24.8 Å². The van der Waals surface area contributed by atoms with E-state index in [0.717, 1.165) is 38.7 Å². The molecule has 6 nitrogen and oxygen atoms in total. The van der Waals surface area contributed by atoms with Crippen LogP contribution in [-0.4, -0.2) is 59.2 Å². The lowest BCUT2D eigenvalue weighted by molar-refractivity contribution is -0.198. The molecule has 0 aromatic heterocycles. The van der Waals surface area contributed by atoms with E-state index >= 15 is 0 Å². The normalized spacial score (nSPS) is 28.5. The van der Waals surface area contributed by atoms with Gasteiger partial charge in [0.25, 0.3) is 0 Å². The average Bonchev–Trinajstić information content (AvgIpc) is 3.07. The van der Waals surface area contributed by atoms with E-state index in [-0.39, 0.29) is 42.0 Å². The number of allylic oxidation sites excluding steroid dienone is 1. The molecule has 0 spiro atoms. The van der Waals surface area contributed by atoms with E-state index in [1.54, 1.807) is 6.92 Å². The molecule has 190 valence electrons. The molecule has 1 aliphatic carbocycles. The van der Waals surface area contributed by atoms with Crippen molar-refractivity contribution in [1.29, 1.82) is 0 Å². The molecule has 0 aromatic carbocycles. The lowest BCUT2D eigenvalue weighted by Gasteiger charge is -2.38. The van der Waals surface area contributed by atoms with Gasteiger partial charge in [-0.2, -0.15) is 0 Å². The molecule has 1 saturated carbocycles. The standard InChI is InChI=1S/C26H46O6Si/c1-9-13-20-21(18-31-33(7,8)26(4,5)6)23(32-24-14-11-12-15-29-24)16-22(20)30-17-19(3)25(27)28-10-2/h9,20-24H,1,3,10-18H2,2,4-8H3/t20-,21-,22+,23-,24?/m0/s1. The first-order valence-corrected chi connectivity index (χ1v) is 15.4. The van der Waals surface area contributed by atoms with Gasteiger partial charge in [0.05, 0.1) is 31.0 Å². The summed E-state index contributed by atoms with van der Waals surface area (Å²) >= 11 is 0. The van der Waals surface area contributed by atoms with Gasteiger partial charge in [0.15, 0.2) is 14.6 Å². The van der Waals surface area contributed by atoms with Crippen molar-refractivity contribution in [1.82, 2.24) is 0 Å². The molecule has 0 radical (unpaired) electrons. The molecule has 0 N–H and O–H groups in total. The Kier molecular flexibility index (Phi) is 10.8. The van der Waals surface area contributed by atoms with E-state index in [9.17, 15) is 4.79 Å². The van der Waals surface area contributed by atoms with Crippen LogP contribution in [-0.2, 0) is 28.2 Å². The largest absolute Gasteiger partial charge is 0.463 e. The van der Waals surface area contributed by atoms with Crippen molar-refractivity contribution in [2.24, 2.45) is 11.8 Å². The first-order valence-electron chi connectivity index (χ1n) is 12.5. The minimum absolute atomic E-state index is 0.0244. The SMILES string of the molecule is C=CC[C@H]1[C@H](CO[Si](C)(C)C(C)(C)C)[C@@H](OC2CCCCO2)C[C@H]1OCC(=C)C(=O)OCC. The Morgan fingerprint density at radius 1 is 1.18 bits per heavy atom. The van der Waals surface area contributed by atoms with Gasteiger partial charge in [-0.05, 0) is 56.7 Å². The number of hydrogen-bond donors (Lipinski definition) is 0. The highest BCUT2D eigenvalue weighted by molar-refractivity contribution is 6.74. The van der Waals surface area contributed by atoms with E-state index in [0.29, 0.717) is 18.8 Å². The number of rotatable bonds is 12. The summed E-state index contributed by atoms with van der Waals surface area (Å²) in [4.78, 5) is 12.0. The van der Waals surface area contributed by atoms with Crippen LogP contribution in [0.15, 0.2) is 24.8 Å². The van der Waals surface area contributed by atoms with E-state index in [1.807, 2.05) is 6.08 Å². The van der Waals surface area contributed by atoms with Gasteiger partial charge in [0.2, 0.25) is 0 Å². The second-order valence-electron chi connectivity index (χ2n) is 10.8. The zero-order chi connectivity index (χ0) is 24.6. The van der Waals surface area contributed by atoms with Crippen LogP contribution in [0.2, 0.25) is 18.1 Å². The van der Waals surface area contributed by atoms with Crippen LogP contribution >= 0.6 is 0 Å². The quantitative estimate of drug-likeness (QED) is 0.155. The maximum atomic E-state index is 12.0. The molecule has 2 fully saturated rings. The summed E-state index contributed by atoms with van der Waals surface area (Å²) in [6.45, 7) is 22.8. The van der Waals surface area contributed by atoms with Gasteiger partial charge in [-0.3, -0.25) is 0 Å². The fraction of sp³-hybridized carbons (Fsp3) is 0.808. The smallest absolute Gasteiger partial charge is 0.335 e. The van der Waals surface area contributed by atoms with Gasteiger partial charge in [0.1, 0.15) is 0 Å². The van der Waals surface area contributed by atoms with Crippen LogP contribution in [0.4, 0.5) is 0 Å². The highest BCUT2D eigenvalue weighted by atomic mass is 28.4. The van der Waals surface area contributed by atoms with Crippen LogP contribution in [0, 0.1) is 11.8 Å². The van der Waals surface area contributed by atoms with Crippen LogP contribution in [0.1, 0.15) is 59.8 Å². The third-order valence-corrected chi connectivity index (χ3v) is 11.9. The number of hydrogen-bond acceptors (Lipinski definition) is 6. The Morgan fingerprint density at radius 3 is 2.48 bits per heavy atom. The Morgan fingerprint density at radius 2 is 1.91 bits per heavy atom. The molecule has 2 aliphatic rings. The van der Waals surface area contributed by atoms with Gasteiger partial charge in [-0.15, -0.1) is 6.58 Å². The number of carbonyl (C=O) groups excluding carboxylic acids is 1. The third kappa shape index (κ3) is 8.03. The fourth-order valence-corrected chi connectivity index (χ4v) is 5.30. The van der Waals surface area contributed by atoms with Crippen molar-refractivity contribution < 1.29 is 28.2 Å². The summed E-state index contributed by atoms with van der Waals surface area (Å²) in [6.07, 6.45) is 6.34. The molecule has 7 heteroatoms. The highest BCUT2D eigenvalue weighted by Gasteiger charge is 2.47. The predicted octanol–water partition coefficient (Wildman–Crippen LogP) is 5.64. The molecule has 1 saturated heterocycles. The van der Waals surface area contributed by atoms with Gasteiger partial charge >= 0.3 is 5.97 Å². The van der Waals surface area contributed by atoms with E-state index in [1.165, 1.54) is 0 Å². The topological polar surface area (TPSA) is 63.2 Å². The van der Waals surface area contributed by atoms with E-state index < -0.39 is 14.3 Å². The molecule has 1 unspecified atom stereocenters. The summed E-state index contributed by atoms with van der Waals surface area (Å²) in [5.74, 6) is -0.0450. The minimum atomic E-state index is -1.92. The Bertz CT molecular complexity index is 650. The zero-order valence-electron chi connectivity index (χ0n) is 21.7. The van der Waals surface area contributed by atoms with Gasteiger partial charge < -0.3 is 23.4 Å². The molecule has 33 heavy (non-hydrogen) atoms. The maximum Gasteiger partial charge on any atom is 0.335 e. The summed E-state index contributed by atoms with van der Waals surface area (Å²) in [7, 11) is -1.92. The number of ether oxygens (including phenoxy) is 4. The molecular formula is C26H46O6Si. The summed E-state index contributed by atoms with van der Waals surface area (Å²) in [5.41, 5.74) is 0.336. The van der Waals surface area contributed by atoms with E-state index in [4.69, 9.17) is 23.4 Å². The van der Waals surface area contributed by atoms with Crippen molar-refractivity contribution in [2.75, 3.05) is 26.4 Å². The molecule has 2 rings (SSSR count). The lowest BCUT2D eigenvalue weighted by Crippen LogP contribution is -2.44. The Labute approximate surface area is 202 Å². The molecule has 0 amide bonds. The highest BCUT2D eigenvalue weighted by Crippen LogP contribution is 2.43. The molecule has 0 bridgehead atoms. The van der Waals surface area contributed by atoms with Crippen molar-refractivity contribution >= 4 is 14.3 Å². The monoisotopic (exact) mass is 482 g/mol. The minimum Gasteiger partial charge on any atom is -0.463 e. The Balaban J connectivity index is 2.14. The second-order valence-corrected chi connectivity index (χ2v) is 15.6. The first-order chi connectivity index (χ1) is 15.5. The lowest BCUT2D eigenvalue weighted by atomic mass is 9.91. The fourth-order valence-electron chi connectivity index (χ4n) is 4.26. The second kappa shape index (κ2) is 12.6. The molecular weight excluding hydrogens is 436 g/mol. The van der Waals surface area contributed by atoms with Crippen LogP contribution < -0.4 is 0 Å². The van der Waals surface area contributed by atoms with Crippen molar-refractivity contribution in [3.8, 4) is 0 Å². The van der Waals surface area contributed by atoms with Crippen LogP contribution in [0.25, 0.3) is 0 Å². The average molecular weight is 483 g/mol. The summed E-state index contributed by atoms with van der Waals surface area (Å²) in [6, 6.07) is 0. The van der Waals surface area contributed by atoms with Crippen molar-refractivity contribution in [3.63, 3.8) is 0 Å². The molecule has 0 aromatic rings. The molecule has 1 aliphatic heterocycles. The first kappa shape index (κ1) is 28.2.